The standard InChI is InChI=1S/C18H23N3O4/c1-4-10-25-15-7-6-14(11-16(15)24-3)13(2)20-17(22)12-21-9-5-8-19-18(21)23/h5-9,11,13H,4,10,12H2,1-3H3,(H,20,22)/t13-/m0/s1. The Morgan fingerprint density at radius 2 is 2.16 bits per heavy atom. The van der Waals surface area contributed by atoms with Gasteiger partial charge in [0.2, 0.25) is 5.91 Å². The minimum absolute atomic E-state index is 0.0775. The molecule has 0 saturated heterocycles. The van der Waals surface area contributed by atoms with E-state index in [1.807, 2.05) is 32.0 Å². The molecule has 1 atom stereocenters. The van der Waals surface area contributed by atoms with E-state index < -0.39 is 5.69 Å². The minimum Gasteiger partial charge on any atom is -0.493 e. The number of benzene rings is 1. The first-order valence-corrected chi connectivity index (χ1v) is 8.16. The maximum atomic E-state index is 12.2. The number of ether oxygens (including phenoxy) is 2. The first-order valence-electron chi connectivity index (χ1n) is 8.16. The Morgan fingerprint density at radius 3 is 2.84 bits per heavy atom. The summed E-state index contributed by atoms with van der Waals surface area (Å²) in [7, 11) is 1.58. The zero-order chi connectivity index (χ0) is 18.2. The van der Waals surface area contributed by atoms with E-state index in [1.165, 1.54) is 17.0 Å². The largest absolute Gasteiger partial charge is 0.493 e. The van der Waals surface area contributed by atoms with Crippen LogP contribution in [-0.2, 0) is 11.3 Å². The smallest absolute Gasteiger partial charge is 0.347 e. The van der Waals surface area contributed by atoms with Crippen molar-refractivity contribution in [3.8, 4) is 11.5 Å². The molecule has 0 aliphatic carbocycles. The molecule has 1 N–H and O–H groups in total. The number of aromatic nitrogens is 2. The highest BCUT2D eigenvalue weighted by molar-refractivity contribution is 5.76. The van der Waals surface area contributed by atoms with Crippen molar-refractivity contribution in [1.82, 2.24) is 14.9 Å². The third-order valence-electron chi connectivity index (χ3n) is 3.62. The van der Waals surface area contributed by atoms with E-state index in [2.05, 4.69) is 10.3 Å². The molecule has 0 bridgehead atoms. The van der Waals surface area contributed by atoms with Gasteiger partial charge in [-0.1, -0.05) is 13.0 Å². The SMILES string of the molecule is CCCOc1ccc([C@H](C)NC(=O)Cn2cccnc2=O)cc1OC. The normalized spacial score (nSPS) is 11.6. The second kappa shape index (κ2) is 8.86. The molecule has 1 amide bonds. The van der Waals surface area contributed by atoms with Gasteiger partial charge in [-0.3, -0.25) is 9.36 Å². The van der Waals surface area contributed by atoms with Crippen molar-refractivity contribution in [2.75, 3.05) is 13.7 Å². The molecule has 134 valence electrons. The highest BCUT2D eigenvalue weighted by Gasteiger charge is 2.13. The van der Waals surface area contributed by atoms with Crippen LogP contribution in [0.3, 0.4) is 0 Å². The van der Waals surface area contributed by atoms with Crippen molar-refractivity contribution in [2.45, 2.75) is 32.9 Å². The van der Waals surface area contributed by atoms with Gasteiger partial charge in [0.15, 0.2) is 11.5 Å². The Morgan fingerprint density at radius 1 is 1.36 bits per heavy atom. The Bertz CT molecular complexity index is 773. The van der Waals surface area contributed by atoms with Gasteiger partial charge in [0.05, 0.1) is 19.8 Å². The second-order valence-corrected chi connectivity index (χ2v) is 5.58. The number of hydrogen-bond donors (Lipinski definition) is 1. The summed E-state index contributed by atoms with van der Waals surface area (Å²) in [5.41, 5.74) is 0.428. The predicted molar refractivity (Wildman–Crippen MR) is 93.8 cm³/mol. The van der Waals surface area contributed by atoms with Crippen LogP contribution >= 0.6 is 0 Å². The van der Waals surface area contributed by atoms with Crippen molar-refractivity contribution < 1.29 is 14.3 Å². The van der Waals surface area contributed by atoms with Crippen molar-refractivity contribution in [3.63, 3.8) is 0 Å². The van der Waals surface area contributed by atoms with Gasteiger partial charge < -0.3 is 14.8 Å². The maximum Gasteiger partial charge on any atom is 0.347 e. The van der Waals surface area contributed by atoms with Gasteiger partial charge >= 0.3 is 5.69 Å². The molecule has 0 aliphatic heterocycles. The first kappa shape index (κ1) is 18.5. The number of amides is 1. The summed E-state index contributed by atoms with van der Waals surface area (Å²) >= 11 is 0. The van der Waals surface area contributed by atoms with Crippen LogP contribution in [-0.4, -0.2) is 29.2 Å². The van der Waals surface area contributed by atoms with E-state index in [0.717, 1.165) is 12.0 Å². The molecule has 0 radical (unpaired) electrons. The van der Waals surface area contributed by atoms with E-state index in [1.54, 1.807) is 13.2 Å². The van der Waals surface area contributed by atoms with Crippen LogP contribution in [0.5, 0.6) is 11.5 Å². The number of rotatable bonds is 8. The Hall–Kier alpha value is -2.83. The van der Waals surface area contributed by atoms with Gasteiger partial charge in [-0.05, 0) is 37.1 Å². The number of methoxy groups -OCH3 is 1. The molecule has 0 saturated carbocycles. The number of carbonyl (C=O) groups excluding carboxylic acids is 1. The third-order valence-corrected chi connectivity index (χ3v) is 3.62. The van der Waals surface area contributed by atoms with Gasteiger partial charge in [0.25, 0.3) is 0 Å². The lowest BCUT2D eigenvalue weighted by atomic mass is 10.1. The fraction of sp³-hybridized carbons (Fsp3) is 0.389. The number of hydrogen-bond acceptors (Lipinski definition) is 5. The Kier molecular flexibility index (Phi) is 6.56. The molecule has 0 aliphatic rings. The molecular formula is C18H23N3O4. The summed E-state index contributed by atoms with van der Waals surface area (Å²) in [4.78, 5) is 27.3. The summed E-state index contributed by atoms with van der Waals surface area (Å²) in [5, 5.41) is 2.86. The van der Waals surface area contributed by atoms with Crippen molar-refractivity contribution in [1.29, 1.82) is 0 Å². The molecule has 0 unspecified atom stereocenters. The second-order valence-electron chi connectivity index (χ2n) is 5.58. The number of carbonyl (C=O) groups is 1. The lowest BCUT2D eigenvalue weighted by Gasteiger charge is -2.17. The van der Waals surface area contributed by atoms with E-state index >= 15 is 0 Å². The third kappa shape index (κ3) is 5.07. The van der Waals surface area contributed by atoms with E-state index in [9.17, 15) is 9.59 Å². The fourth-order valence-electron chi connectivity index (χ4n) is 2.32. The van der Waals surface area contributed by atoms with Crippen LogP contribution < -0.4 is 20.5 Å². The maximum absolute atomic E-state index is 12.2. The van der Waals surface area contributed by atoms with E-state index in [0.29, 0.717) is 18.1 Å². The van der Waals surface area contributed by atoms with Crippen LogP contribution in [0.2, 0.25) is 0 Å². The quantitative estimate of drug-likeness (QED) is 0.790. The minimum atomic E-state index is -0.454. The van der Waals surface area contributed by atoms with Crippen molar-refractivity contribution >= 4 is 5.91 Å². The fourth-order valence-corrected chi connectivity index (χ4v) is 2.32. The highest BCUT2D eigenvalue weighted by atomic mass is 16.5. The molecule has 1 aromatic carbocycles. The number of nitrogens with zero attached hydrogens (tertiary/aromatic N) is 2. The topological polar surface area (TPSA) is 82.5 Å². The molecule has 2 rings (SSSR count). The van der Waals surface area contributed by atoms with Crippen LogP contribution in [0, 0.1) is 0 Å². The molecule has 25 heavy (non-hydrogen) atoms. The zero-order valence-corrected chi connectivity index (χ0v) is 14.7. The molecular weight excluding hydrogens is 322 g/mol. The summed E-state index contributed by atoms with van der Waals surface area (Å²) in [6.07, 6.45) is 3.83. The lowest BCUT2D eigenvalue weighted by molar-refractivity contribution is -0.122. The average Bonchev–Trinajstić information content (AvgIpc) is 2.61. The van der Waals surface area contributed by atoms with Gasteiger partial charge in [-0.15, -0.1) is 0 Å². The van der Waals surface area contributed by atoms with Gasteiger partial charge in [0.1, 0.15) is 6.54 Å². The first-order chi connectivity index (χ1) is 12.0. The van der Waals surface area contributed by atoms with Crippen LogP contribution in [0.15, 0.2) is 41.5 Å². The van der Waals surface area contributed by atoms with Crippen LogP contribution in [0.25, 0.3) is 0 Å². The summed E-state index contributed by atoms with van der Waals surface area (Å²) in [6, 6.07) is 6.92. The van der Waals surface area contributed by atoms with E-state index in [-0.39, 0.29) is 18.5 Å². The van der Waals surface area contributed by atoms with E-state index in [4.69, 9.17) is 9.47 Å². The van der Waals surface area contributed by atoms with Crippen LogP contribution in [0.1, 0.15) is 31.9 Å². The molecule has 1 aromatic heterocycles. The molecule has 1 heterocycles. The predicted octanol–water partition coefficient (Wildman–Crippen LogP) is 1.92. The zero-order valence-electron chi connectivity index (χ0n) is 14.7. The van der Waals surface area contributed by atoms with Crippen molar-refractivity contribution in [2.24, 2.45) is 0 Å². The summed E-state index contributed by atoms with van der Waals surface area (Å²) in [6.45, 7) is 4.44. The monoisotopic (exact) mass is 345 g/mol. The average molecular weight is 345 g/mol. The van der Waals surface area contributed by atoms with Crippen LogP contribution in [0.4, 0.5) is 0 Å². The summed E-state index contributed by atoms with van der Waals surface area (Å²) in [5.74, 6) is 1.02. The van der Waals surface area contributed by atoms with Crippen molar-refractivity contribution in [3.05, 3.63) is 52.7 Å². The van der Waals surface area contributed by atoms with Gasteiger partial charge in [-0.2, -0.15) is 0 Å². The molecule has 0 spiro atoms. The Labute approximate surface area is 146 Å². The van der Waals surface area contributed by atoms with Gasteiger partial charge in [-0.25, -0.2) is 9.78 Å². The molecule has 7 nitrogen and oxygen atoms in total. The molecule has 7 heteroatoms. The molecule has 2 aromatic rings. The highest BCUT2D eigenvalue weighted by Crippen LogP contribution is 2.30. The Balaban J connectivity index is 2.04. The molecule has 0 fully saturated rings. The summed E-state index contributed by atoms with van der Waals surface area (Å²) < 4.78 is 12.2. The number of nitrogens with one attached hydrogen (secondary N) is 1. The lowest BCUT2D eigenvalue weighted by Crippen LogP contribution is -2.34. The van der Waals surface area contributed by atoms with Gasteiger partial charge in [0, 0.05) is 12.4 Å².